The molecule has 0 aromatic heterocycles. The number of carbonyl (C=O) groups is 1. The van der Waals surface area contributed by atoms with E-state index in [1.807, 2.05) is 13.8 Å². The molecule has 20 heavy (non-hydrogen) atoms. The first-order valence-corrected chi connectivity index (χ1v) is 7.31. The number of carboxylic acid groups (broad SMARTS) is 1. The summed E-state index contributed by atoms with van der Waals surface area (Å²) in [5, 5.41) is 9.36. The molecule has 1 atom stereocenters. The summed E-state index contributed by atoms with van der Waals surface area (Å²) in [6, 6.07) is 1.79. The van der Waals surface area contributed by atoms with Crippen LogP contribution in [0, 0.1) is 0 Å². The third kappa shape index (κ3) is 2.62. The molecule has 1 heterocycles. The second-order valence-electron chi connectivity index (χ2n) is 5.00. The Morgan fingerprint density at radius 2 is 2.00 bits per heavy atom. The van der Waals surface area contributed by atoms with E-state index < -0.39 is 11.9 Å². The van der Waals surface area contributed by atoms with Crippen LogP contribution in [0.25, 0.3) is 0 Å². The number of halogens is 1. The van der Waals surface area contributed by atoms with Crippen LogP contribution in [0.5, 0.6) is 11.5 Å². The van der Waals surface area contributed by atoms with Crippen molar-refractivity contribution in [3.05, 3.63) is 21.7 Å². The monoisotopic (exact) mass is 343 g/mol. The fourth-order valence-electron chi connectivity index (χ4n) is 2.45. The average Bonchev–Trinajstić information content (AvgIpc) is 2.39. The van der Waals surface area contributed by atoms with Gasteiger partial charge in [-0.05, 0) is 33.5 Å². The van der Waals surface area contributed by atoms with Gasteiger partial charge in [-0.3, -0.25) is 4.79 Å². The van der Waals surface area contributed by atoms with Gasteiger partial charge < -0.3 is 20.3 Å². The van der Waals surface area contributed by atoms with Gasteiger partial charge in [0.25, 0.3) is 0 Å². The lowest BCUT2D eigenvalue weighted by Crippen LogP contribution is -2.24. The van der Waals surface area contributed by atoms with Crippen LogP contribution in [0.4, 0.5) is 0 Å². The van der Waals surface area contributed by atoms with E-state index in [9.17, 15) is 9.90 Å². The number of aliphatic carboxylic acids is 1. The molecule has 1 unspecified atom stereocenters. The number of hydrogen-bond acceptors (Lipinski definition) is 4. The van der Waals surface area contributed by atoms with Crippen molar-refractivity contribution in [1.29, 1.82) is 0 Å². The SMILES string of the molecule is CC(C)c1c(C(CN)C(=O)O)cc(Br)c2c1OCCO2. The van der Waals surface area contributed by atoms with E-state index in [0.29, 0.717) is 34.7 Å². The summed E-state index contributed by atoms with van der Waals surface area (Å²) >= 11 is 3.42. The number of carboxylic acids is 1. The van der Waals surface area contributed by atoms with Crippen LogP contribution >= 0.6 is 15.9 Å². The van der Waals surface area contributed by atoms with Crippen LogP contribution in [-0.2, 0) is 4.79 Å². The van der Waals surface area contributed by atoms with Crippen molar-refractivity contribution in [1.82, 2.24) is 0 Å². The van der Waals surface area contributed by atoms with Crippen molar-refractivity contribution in [2.24, 2.45) is 5.73 Å². The summed E-state index contributed by atoms with van der Waals surface area (Å²) in [5.74, 6) is -0.292. The van der Waals surface area contributed by atoms with Crippen LogP contribution in [0.2, 0.25) is 0 Å². The molecular formula is C14H18BrNO4. The van der Waals surface area contributed by atoms with E-state index in [2.05, 4.69) is 15.9 Å². The van der Waals surface area contributed by atoms with Crippen molar-refractivity contribution in [2.75, 3.05) is 19.8 Å². The second kappa shape index (κ2) is 6.01. The Kier molecular flexibility index (Phi) is 4.55. The minimum atomic E-state index is -0.932. The molecular weight excluding hydrogens is 326 g/mol. The predicted molar refractivity (Wildman–Crippen MR) is 78.7 cm³/mol. The number of rotatable bonds is 4. The first-order chi connectivity index (χ1) is 9.47. The van der Waals surface area contributed by atoms with E-state index in [4.69, 9.17) is 15.2 Å². The average molecular weight is 344 g/mol. The Hall–Kier alpha value is -1.27. The summed E-state index contributed by atoms with van der Waals surface area (Å²) in [7, 11) is 0. The third-order valence-electron chi connectivity index (χ3n) is 3.32. The van der Waals surface area contributed by atoms with E-state index in [-0.39, 0.29) is 12.5 Å². The molecule has 0 bridgehead atoms. The molecule has 0 amide bonds. The molecule has 1 aliphatic rings. The van der Waals surface area contributed by atoms with Gasteiger partial charge in [-0.2, -0.15) is 0 Å². The zero-order chi connectivity index (χ0) is 14.9. The molecule has 5 nitrogen and oxygen atoms in total. The van der Waals surface area contributed by atoms with E-state index in [1.165, 1.54) is 0 Å². The van der Waals surface area contributed by atoms with Crippen molar-refractivity contribution in [3.63, 3.8) is 0 Å². The minimum absolute atomic E-state index is 0.0428. The predicted octanol–water partition coefficient (Wildman–Crippen LogP) is 2.47. The lowest BCUT2D eigenvalue weighted by molar-refractivity contribution is -0.138. The van der Waals surface area contributed by atoms with Crippen molar-refractivity contribution >= 4 is 21.9 Å². The van der Waals surface area contributed by atoms with Gasteiger partial charge in [-0.25, -0.2) is 0 Å². The molecule has 1 aromatic carbocycles. The molecule has 0 spiro atoms. The number of benzene rings is 1. The maximum atomic E-state index is 11.4. The van der Waals surface area contributed by atoms with Gasteiger partial charge in [0, 0.05) is 12.1 Å². The highest BCUT2D eigenvalue weighted by Gasteiger charge is 2.30. The summed E-state index contributed by atoms with van der Waals surface area (Å²) in [6.07, 6.45) is 0. The van der Waals surface area contributed by atoms with Gasteiger partial charge >= 0.3 is 5.97 Å². The zero-order valence-corrected chi connectivity index (χ0v) is 13.1. The maximum absolute atomic E-state index is 11.4. The van der Waals surface area contributed by atoms with Crippen molar-refractivity contribution in [3.8, 4) is 11.5 Å². The Bertz CT molecular complexity index is 530. The Morgan fingerprint density at radius 3 is 2.50 bits per heavy atom. The highest BCUT2D eigenvalue weighted by atomic mass is 79.9. The summed E-state index contributed by atoms with van der Waals surface area (Å²) in [5.41, 5.74) is 7.18. The normalized spacial score (nSPS) is 15.2. The smallest absolute Gasteiger partial charge is 0.312 e. The van der Waals surface area contributed by atoms with Crippen LogP contribution in [0.15, 0.2) is 10.5 Å². The molecule has 0 saturated heterocycles. The van der Waals surface area contributed by atoms with Gasteiger partial charge in [-0.15, -0.1) is 0 Å². The molecule has 110 valence electrons. The summed E-state index contributed by atoms with van der Waals surface area (Å²) in [6.45, 7) is 4.99. The van der Waals surface area contributed by atoms with Crippen LogP contribution in [0.3, 0.4) is 0 Å². The van der Waals surface area contributed by atoms with Gasteiger partial charge in [0.05, 0.1) is 10.4 Å². The Labute approximate surface area is 126 Å². The van der Waals surface area contributed by atoms with Gasteiger partial charge in [0.15, 0.2) is 11.5 Å². The molecule has 1 aliphatic heterocycles. The largest absolute Gasteiger partial charge is 0.486 e. The maximum Gasteiger partial charge on any atom is 0.312 e. The fraction of sp³-hybridized carbons (Fsp3) is 0.500. The van der Waals surface area contributed by atoms with Gasteiger partial charge in [0.1, 0.15) is 13.2 Å². The summed E-state index contributed by atoms with van der Waals surface area (Å²) < 4.78 is 12.0. The highest BCUT2D eigenvalue weighted by Crippen LogP contribution is 2.46. The third-order valence-corrected chi connectivity index (χ3v) is 3.91. The number of hydrogen-bond donors (Lipinski definition) is 2. The lowest BCUT2D eigenvalue weighted by atomic mass is 9.87. The first kappa shape index (κ1) is 15.1. The van der Waals surface area contributed by atoms with Crippen LogP contribution in [-0.4, -0.2) is 30.8 Å². The number of ether oxygens (including phenoxy) is 2. The van der Waals surface area contributed by atoms with Crippen LogP contribution in [0.1, 0.15) is 36.8 Å². The molecule has 0 fully saturated rings. The minimum Gasteiger partial charge on any atom is -0.486 e. The fourth-order valence-corrected chi connectivity index (χ4v) is 2.99. The highest BCUT2D eigenvalue weighted by molar-refractivity contribution is 9.10. The van der Waals surface area contributed by atoms with E-state index in [1.54, 1.807) is 6.07 Å². The Balaban J connectivity index is 2.67. The topological polar surface area (TPSA) is 81.8 Å². The molecule has 6 heteroatoms. The molecule has 0 aliphatic carbocycles. The summed E-state index contributed by atoms with van der Waals surface area (Å²) in [4.78, 5) is 11.4. The molecule has 1 aromatic rings. The van der Waals surface area contributed by atoms with Crippen LogP contribution < -0.4 is 15.2 Å². The standard InChI is InChI=1S/C14H18BrNO4/c1-7(2)11-8(9(6-16)14(17)18)5-10(15)12-13(11)20-4-3-19-12/h5,7,9H,3-4,6,16H2,1-2H3,(H,17,18). The van der Waals surface area contributed by atoms with Gasteiger partial charge in [-0.1, -0.05) is 13.8 Å². The second-order valence-corrected chi connectivity index (χ2v) is 5.85. The molecule has 0 saturated carbocycles. The van der Waals surface area contributed by atoms with Gasteiger partial charge in [0.2, 0.25) is 0 Å². The Morgan fingerprint density at radius 1 is 1.40 bits per heavy atom. The van der Waals surface area contributed by atoms with E-state index >= 15 is 0 Å². The lowest BCUT2D eigenvalue weighted by Gasteiger charge is -2.27. The number of nitrogens with two attached hydrogens (primary N) is 1. The van der Waals surface area contributed by atoms with Crippen molar-refractivity contribution in [2.45, 2.75) is 25.7 Å². The zero-order valence-electron chi connectivity index (χ0n) is 11.5. The first-order valence-electron chi connectivity index (χ1n) is 6.52. The van der Waals surface area contributed by atoms with Crippen molar-refractivity contribution < 1.29 is 19.4 Å². The number of fused-ring (bicyclic) bond motifs is 1. The molecule has 3 N–H and O–H groups in total. The van der Waals surface area contributed by atoms with E-state index in [0.717, 1.165) is 5.56 Å². The molecule has 2 rings (SSSR count). The quantitative estimate of drug-likeness (QED) is 0.877. The molecule has 0 radical (unpaired) electrons.